The van der Waals surface area contributed by atoms with Crippen molar-refractivity contribution in [3.05, 3.63) is 24.3 Å². The van der Waals surface area contributed by atoms with Crippen LogP contribution in [0.3, 0.4) is 0 Å². The Labute approximate surface area is 118 Å². The van der Waals surface area contributed by atoms with E-state index in [0.29, 0.717) is 18.8 Å². The average Bonchev–Trinajstić information content (AvgIpc) is 2.77. The first-order valence-electron chi connectivity index (χ1n) is 6.35. The molecule has 2 unspecified atom stereocenters. The van der Waals surface area contributed by atoms with Crippen molar-refractivity contribution in [1.29, 1.82) is 0 Å². The van der Waals surface area contributed by atoms with Gasteiger partial charge in [0.05, 0.1) is 18.1 Å². The largest absolute Gasteiger partial charge is 0.497 e. The van der Waals surface area contributed by atoms with Crippen molar-refractivity contribution in [2.75, 3.05) is 20.3 Å². The molecular weight excluding hydrogens is 282 g/mol. The second kappa shape index (κ2) is 5.69. The summed E-state index contributed by atoms with van der Waals surface area (Å²) in [6.07, 6.45) is 0.0281. The fourth-order valence-electron chi connectivity index (χ4n) is 2.06. The Bertz CT molecular complexity index is 557. The predicted molar refractivity (Wildman–Crippen MR) is 73.2 cm³/mol. The van der Waals surface area contributed by atoms with Crippen LogP contribution in [0.5, 0.6) is 5.75 Å². The molecule has 1 aromatic carbocycles. The molecule has 20 heavy (non-hydrogen) atoms. The van der Waals surface area contributed by atoms with E-state index in [0.717, 1.165) is 0 Å². The zero-order valence-corrected chi connectivity index (χ0v) is 12.3. The number of nitrogens with one attached hydrogen (secondary N) is 1. The van der Waals surface area contributed by atoms with Gasteiger partial charge in [-0.25, -0.2) is 13.1 Å². The van der Waals surface area contributed by atoms with Crippen LogP contribution in [0.25, 0.3) is 0 Å². The van der Waals surface area contributed by atoms with Gasteiger partial charge in [0, 0.05) is 19.6 Å². The molecule has 2 rings (SSSR count). The maximum absolute atomic E-state index is 12.1. The van der Waals surface area contributed by atoms with Crippen LogP contribution in [-0.2, 0) is 14.8 Å². The minimum absolute atomic E-state index is 0.0669. The molecule has 0 bridgehead atoms. The summed E-state index contributed by atoms with van der Waals surface area (Å²) in [6.45, 7) is 2.10. The van der Waals surface area contributed by atoms with E-state index in [2.05, 4.69) is 4.72 Å². The molecule has 0 saturated carbocycles. The summed E-state index contributed by atoms with van der Waals surface area (Å²) in [6, 6.07) is 6.06. The van der Waals surface area contributed by atoms with Gasteiger partial charge in [-0.2, -0.15) is 0 Å². The third-order valence-electron chi connectivity index (χ3n) is 3.60. The van der Waals surface area contributed by atoms with E-state index >= 15 is 0 Å². The van der Waals surface area contributed by atoms with Gasteiger partial charge in [0.15, 0.2) is 0 Å². The quantitative estimate of drug-likeness (QED) is 0.828. The van der Waals surface area contributed by atoms with E-state index in [1.54, 1.807) is 19.1 Å². The smallest absolute Gasteiger partial charge is 0.240 e. The minimum atomic E-state index is -3.66. The Balaban J connectivity index is 2.07. The highest BCUT2D eigenvalue weighted by Gasteiger charge is 2.40. The second-order valence-corrected chi connectivity index (χ2v) is 6.63. The van der Waals surface area contributed by atoms with E-state index in [4.69, 9.17) is 9.47 Å². The molecule has 112 valence electrons. The first-order chi connectivity index (χ1) is 9.37. The van der Waals surface area contributed by atoms with Gasteiger partial charge in [-0.3, -0.25) is 0 Å². The number of hydrogen-bond donors (Lipinski definition) is 2. The lowest BCUT2D eigenvalue weighted by Gasteiger charge is -2.26. The fraction of sp³-hybridized carbons (Fsp3) is 0.538. The number of sulfonamides is 1. The third-order valence-corrected chi connectivity index (χ3v) is 5.01. The van der Waals surface area contributed by atoms with Crippen LogP contribution in [0, 0.1) is 0 Å². The van der Waals surface area contributed by atoms with Crippen LogP contribution >= 0.6 is 0 Å². The van der Waals surface area contributed by atoms with Crippen molar-refractivity contribution < 1.29 is 23.0 Å². The fourth-order valence-corrected chi connectivity index (χ4v) is 3.16. The number of rotatable bonds is 5. The van der Waals surface area contributed by atoms with Crippen LogP contribution in [0.2, 0.25) is 0 Å². The Morgan fingerprint density at radius 2 is 2.10 bits per heavy atom. The SMILES string of the molecule is COc1ccc(S(=O)(=O)NCC2(O)CCOC2C)cc1. The summed E-state index contributed by atoms with van der Waals surface area (Å²) in [5.41, 5.74) is -1.15. The van der Waals surface area contributed by atoms with Gasteiger partial charge in [-0.05, 0) is 31.2 Å². The van der Waals surface area contributed by atoms with Crippen molar-refractivity contribution in [3.8, 4) is 5.75 Å². The van der Waals surface area contributed by atoms with Crippen LogP contribution in [0.4, 0.5) is 0 Å². The highest BCUT2D eigenvalue weighted by atomic mass is 32.2. The summed E-state index contributed by atoms with van der Waals surface area (Å²) >= 11 is 0. The zero-order chi connectivity index (χ0) is 14.8. The van der Waals surface area contributed by atoms with Gasteiger partial charge >= 0.3 is 0 Å². The van der Waals surface area contributed by atoms with Crippen LogP contribution in [0.15, 0.2) is 29.2 Å². The monoisotopic (exact) mass is 301 g/mol. The molecule has 2 N–H and O–H groups in total. The number of benzene rings is 1. The maximum atomic E-state index is 12.1. The van der Waals surface area contributed by atoms with E-state index in [1.807, 2.05) is 0 Å². The lowest BCUT2D eigenvalue weighted by atomic mass is 9.97. The minimum Gasteiger partial charge on any atom is -0.497 e. The lowest BCUT2D eigenvalue weighted by Crippen LogP contribution is -2.47. The molecule has 1 aliphatic rings. The number of ether oxygens (including phenoxy) is 2. The summed E-state index contributed by atoms with van der Waals surface area (Å²) in [5.74, 6) is 0.584. The number of aliphatic hydroxyl groups is 1. The Kier molecular flexibility index (Phi) is 4.33. The molecule has 1 aliphatic heterocycles. The van der Waals surface area contributed by atoms with Gasteiger partial charge in [0.1, 0.15) is 11.4 Å². The van der Waals surface area contributed by atoms with Crippen molar-refractivity contribution in [2.45, 2.75) is 29.9 Å². The number of methoxy groups -OCH3 is 1. The molecule has 6 nitrogen and oxygen atoms in total. The second-order valence-electron chi connectivity index (χ2n) is 4.87. The molecule has 1 saturated heterocycles. The average molecular weight is 301 g/mol. The summed E-state index contributed by atoms with van der Waals surface area (Å²) in [4.78, 5) is 0.133. The van der Waals surface area contributed by atoms with Gasteiger partial charge in [0.25, 0.3) is 0 Å². The molecule has 1 aromatic rings. The highest BCUT2D eigenvalue weighted by Crippen LogP contribution is 2.25. The summed E-state index contributed by atoms with van der Waals surface area (Å²) in [5, 5.41) is 10.3. The van der Waals surface area contributed by atoms with Crippen molar-refractivity contribution >= 4 is 10.0 Å². The molecule has 0 radical (unpaired) electrons. The van der Waals surface area contributed by atoms with Gasteiger partial charge < -0.3 is 14.6 Å². The molecule has 0 aliphatic carbocycles. The molecule has 0 spiro atoms. The Morgan fingerprint density at radius 1 is 1.45 bits per heavy atom. The molecule has 1 heterocycles. The van der Waals surface area contributed by atoms with Crippen LogP contribution < -0.4 is 9.46 Å². The standard InChI is InChI=1S/C13H19NO5S/c1-10-13(15,7-8-19-10)9-14-20(16,17)12-5-3-11(18-2)4-6-12/h3-6,10,14-15H,7-9H2,1-2H3. The third kappa shape index (κ3) is 3.12. The van der Waals surface area contributed by atoms with Gasteiger partial charge in [0.2, 0.25) is 10.0 Å². The Morgan fingerprint density at radius 3 is 2.60 bits per heavy atom. The maximum Gasteiger partial charge on any atom is 0.240 e. The normalized spacial score (nSPS) is 26.6. The topological polar surface area (TPSA) is 84.9 Å². The van der Waals surface area contributed by atoms with Gasteiger partial charge in [-0.15, -0.1) is 0 Å². The Hall–Kier alpha value is -1.15. The molecule has 7 heteroatoms. The van der Waals surface area contributed by atoms with Gasteiger partial charge in [-0.1, -0.05) is 0 Å². The van der Waals surface area contributed by atoms with E-state index in [-0.39, 0.29) is 17.5 Å². The van der Waals surface area contributed by atoms with Crippen molar-refractivity contribution in [2.24, 2.45) is 0 Å². The zero-order valence-electron chi connectivity index (χ0n) is 11.5. The highest BCUT2D eigenvalue weighted by molar-refractivity contribution is 7.89. The molecule has 2 atom stereocenters. The molecule has 0 aromatic heterocycles. The lowest BCUT2D eigenvalue weighted by molar-refractivity contribution is -0.0228. The van der Waals surface area contributed by atoms with E-state index in [9.17, 15) is 13.5 Å². The van der Waals surface area contributed by atoms with Crippen molar-refractivity contribution in [3.63, 3.8) is 0 Å². The molecular formula is C13H19NO5S. The first kappa shape index (κ1) is 15.2. The first-order valence-corrected chi connectivity index (χ1v) is 7.83. The molecule has 1 fully saturated rings. The summed E-state index contributed by atoms with van der Waals surface area (Å²) in [7, 11) is -2.14. The van der Waals surface area contributed by atoms with E-state index < -0.39 is 15.6 Å². The van der Waals surface area contributed by atoms with Crippen molar-refractivity contribution in [1.82, 2.24) is 4.72 Å². The van der Waals surface area contributed by atoms with E-state index in [1.165, 1.54) is 19.2 Å². The molecule has 0 amide bonds. The predicted octanol–water partition coefficient (Wildman–Crippen LogP) is 0.513. The van der Waals surface area contributed by atoms with Crippen LogP contribution in [-0.4, -0.2) is 45.5 Å². The van der Waals surface area contributed by atoms with Crippen LogP contribution in [0.1, 0.15) is 13.3 Å². The number of hydrogen-bond acceptors (Lipinski definition) is 5. The summed E-state index contributed by atoms with van der Waals surface area (Å²) < 4.78 is 36.9.